The van der Waals surface area contributed by atoms with Crippen molar-refractivity contribution in [2.45, 2.75) is 50.6 Å². The van der Waals surface area contributed by atoms with Gasteiger partial charge < -0.3 is 15.5 Å². The summed E-state index contributed by atoms with van der Waals surface area (Å²) in [5.74, 6) is -2.24. The molecule has 3 aromatic rings. The first-order chi connectivity index (χ1) is 13.2. The smallest absolute Gasteiger partial charge is 0.282 e. The summed E-state index contributed by atoms with van der Waals surface area (Å²) >= 11 is 11.0. The SMILES string of the molecule is Cc1c(CCCC2(F)CC2)c(Br)n2nc(Cl)cc(NC(O)(O)c3cccs3)c12. The van der Waals surface area contributed by atoms with Crippen LogP contribution in [-0.2, 0) is 12.3 Å². The lowest BCUT2D eigenvalue weighted by Gasteiger charge is -2.23. The van der Waals surface area contributed by atoms with E-state index in [1.54, 1.807) is 28.1 Å². The summed E-state index contributed by atoms with van der Waals surface area (Å²) < 4.78 is 16.3. The van der Waals surface area contributed by atoms with Crippen molar-refractivity contribution in [3.63, 3.8) is 0 Å². The second-order valence-corrected chi connectivity index (χ2v) is 9.40. The van der Waals surface area contributed by atoms with Gasteiger partial charge in [-0.25, -0.2) is 8.91 Å². The Morgan fingerprint density at radius 1 is 1.46 bits per heavy atom. The molecule has 1 fully saturated rings. The summed E-state index contributed by atoms with van der Waals surface area (Å²) in [6.07, 6.45) is 3.32. The summed E-state index contributed by atoms with van der Waals surface area (Å²) in [4.78, 5) is 0.361. The molecule has 0 bridgehead atoms. The second-order valence-electron chi connectivity index (χ2n) is 7.31. The number of thiophene rings is 1. The summed E-state index contributed by atoms with van der Waals surface area (Å²) in [6.45, 7) is 1.94. The van der Waals surface area contributed by atoms with E-state index < -0.39 is 11.6 Å². The highest BCUT2D eigenvalue weighted by atomic mass is 79.9. The van der Waals surface area contributed by atoms with Crippen LogP contribution in [-0.4, -0.2) is 25.5 Å². The van der Waals surface area contributed by atoms with Crippen LogP contribution in [0.3, 0.4) is 0 Å². The van der Waals surface area contributed by atoms with Crippen molar-refractivity contribution < 1.29 is 14.6 Å². The maximum atomic E-state index is 13.9. The first kappa shape index (κ1) is 20.1. The molecule has 4 rings (SSSR count). The second kappa shape index (κ2) is 7.25. The minimum absolute atomic E-state index is 0.208. The van der Waals surface area contributed by atoms with Crippen LogP contribution < -0.4 is 5.32 Å². The van der Waals surface area contributed by atoms with E-state index in [2.05, 4.69) is 26.3 Å². The van der Waals surface area contributed by atoms with Crippen molar-refractivity contribution in [3.8, 4) is 0 Å². The minimum Gasteiger partial charge on any atom is -0.344 e. The highest BCUT2D eigenvalue weighted by Crippen LogP contribution is 2.44. The number of halogens is 3. The number of nitrogens with zero attached hydrogens (tertiary/aromatic N) is 2. The summed E-state index contributed by atoms with van der Waals surface area (Å²) in [5.41, 5.74) is 2.12. The van der Waals surface area contributed by atoms with Crippen LogP contribution in [0.2, 0.25) is 5.15 Å². The molecule has 3 aromatic heterocycles. The monoisotopic (exact) mass is 487 g/mol. The third kappa shape index (κ3) is 3.80. The van der Waals surface area contributed by atoms with Gasteiger partial charge in [0.1, 0.15) is 10.3 Å². The Balaban J connectivity index is 1.69. The summed E-state index contributed by atoms with van der Waals surface area (Å²) in [7, 11) is 0. The van der Waals surface area contributed by atoms with Gasteiger partial charge in [0.25, 0.3) is 5.91 Å². The number of aliphatic hydroxyl groups is 2. The number of nitrogens with one attached hydrogen (secondary N) is 1. The lowest BCUT2D eigenvalue weighted by molar-refractivity contribution is -0.140. The van der Waals surface area contributed by atoms with Gasteiger partial charge in [-0.1, -0.05) is 17.7 Å². The minimum atomic E-state index is -2.24. The topological polar surface area (TPSA) is 69.8 Å². The van der Waals surface area contributed by atoms with Crippen LogP contribution in [0.5, 0.6) is 0 Å². The normalized spacial score (nSPS) is 15.9. The Bertz CT molecular complexity index is 1020. The van der Waals surface area contributed by atoms with Crippen LogP contribution in [0, 0.1) is 6.92 Å². The molecule has 1 aliphatic carbocycles. The van der Waals surface area contributed by atoms with Gasteiger partial charge in [0.2, 0.25) is 0 Å². The maximum Gasteiger partial charge on any atom is 0.282 e. The highest BCUT2D eigenvalue weighted by Gasteiger charge is 2.42. The van der Waals surface area contributed by atoms with Crippen molar-refractivity contribution in [2.24, 2.45) is 0 Å². The molecule has 28 heavy (non-hydrogen) atoms. The average molecular weight is 489 g/mol. The van der Waals surface area contributed by atoms with Crippen LogP contribution in [0.1, 0.15) is 41.7 Å². The average Bonchev–Trinajstić information content (AvgIpc) is 3.05. The molecule has 0 unspecified atom stereocenters. The fourth-order valence-electron chi connectivity index (χ4n) is 3.48. The zero-order chi connectivity index (χ0) is 20.1. The molecule has 0 amide bonds. The zero-order valence-corrected chi connectivity index (χ0v) is 18.3. The number of fused-ring (bicyclic) bond motifs is 1. The maximum absolute atomic E-state index is 13.9. The van der Waals surface area contributed by atoms with Crippen molar-refractivity contribution in [1.82, 2.24) is 9.61 Å². The summed E-state index contributed by atoms with van der Waals surface area (Å²) in [5, 5.41) is 30.1. The zero-order valence-electron chi connectivity index (χ0n) is 15.2. The van der Waals surface area contributed by atoms with Gasteiger partial charge in [0.05, 0.1) is 16.1 Å². The number of hydrogen-bond donors (Lipinski definition) is 3. The highest BCUT2D eigenvalue weighted by molar-refractivity contribution is 9.10. The van der Waals surface area contributed by atoms with E-state index in [1.165, 1.54) is 11.3 Å². The van der Waals surface area contributed by atoms with Crippen LogP contribution in [0.25, 0.3) is 5.52 Å². The number of aromatic nitrogens is 2. The molecule has 1 aliphatic rings. The van der Waals surface area contributed by atoms with E-state index in [-0.39, 0.29) is 5.15 Å². The molecule has 0 saturated heterocycles. The van der Waals surface area contributed by atoms with Gasteiger partial charge in [-0.15, -0.1) is 11.3 Å². The Hall–Kier alpha value is -1.19. The standard InChI is InChI=1S/C19H20BrClFN3O2S/c1-11-12(4-2-6-18(22)7-8-18)17(20)25-16(11)13(10-15(21)24-25)23-19(26,27)14-5-3-9-28-14/h3,5,9-10,23,26-27H,2,4,6-8H2,1H3. The molecule has 5 nitrogen and oxygen atoms in total. The molecule has 0 radical (unpaired) electrons. The third-order valence-corrected chi connectivity index (χ3v) is 7.15. The first-order valence-corrected chi connectivity index (χ1v) is 11.1. The van der Waals surface area contributed by atoms with E-state index in [0.717, 1.165) is 22.2 Å². The molecule has 9 heteroatoms. The largest absolute Gasteiger partial charge is 0.344 e. The van der Waals surface area contributed by atoms with E-state index >= 15 is 0 Å². The number of alkyl halides is 1. The van der Waals surface area contributed by atoms with Crippen molar-refractivity contribution >= 4 is 50.1 Å². The molecule has 0 atom stereocenters. The molecule has 0 spiro atoms. The number of aryl methyl sites for hydroxylation is 1. The Kier molecular flexibility index (Phi) is 5.20. The molecular formula is C19H20BrClFN3O2S. The number of anilines is 1. The summed E-state index contributed by atoms with van der Waals surface area (Å²) in [6, 6.07) is 4.94. The van der Waals surface area contributed by atoms with Crippen LogP contribution in [0.4, 0.5) is 10.1 Å². The van der Waals surface area contributed by atoms with E-state index in [9.17, 15) is 14.6 Å². The van der Waals surface area contributed by atoms with Gasteiger partial charge in [-0.2, -0.15) is 5.10 Å². The number of hydrogen-bond acceptors (Lipinski definition) is 5. The van der Waals surface area contributed by atoms with Crippen molar-refractivity contribution in [2.75, 3.05) is 5.32 Å². The Morgan fingerprint density at radius 2 is 2.21 bits per heavy atom. The molecule has 0 aromatic carbocycles. The Labute approximate surface area is 179 Å². The van der Waals surface area contributed by atoms with E-state index in [1.807, 2.05) is 6.92 Å². The Morgan fingerprint density at radius 3 is 2.86 bits per heavy atom. The van der Waals surface area contributed by atoms with E-state index in [0.29, 0.717) is 41.8 Å². The van der Waals surface area contributed by atoms with Crippen molar-refractivity contribution in [1.29, 1.82) is 0 Å². The fraction of sp³-hybridized carbons (Fsp3) is 0.421. The molecule has 3 N–H and O–H groups in total. The predicted molar refractivity (Wildman–Crippen MR) is 113 cm³/mol. The van der Waals surface area contributed by atoms with Gasteiger partial charge in [-0.05, 0) is 77.5 Å². The molecule has 150 valence electrons. The molecule has 3 heterocycles. The first-order valence-electron chi connectivity index (χ1n) is 9.02. The molecule has 0 aliphatic heterocycles. The van der Waals surface area contributed by atoms with Crippen LogP contribution >= 0.6 is 38.9 Å². The van der Waals surface area contributed by atoms with Gasteiger partial charge in [-0.3, -0.25) is 0 Å². The lowest BCUT2D eigenvalue weighted by Crippen LogP contribution is -2.34. The molecule has 1 saturated carbocycles. The van der Waals surface area contributed by atoms with Gasteiger partial charge in [0, 0.05) is 6.07 Å². The fourth-order valence-corrected chi connectivity index (χ4v) is 5.10. The van der Waals surface area contributed by atoms with Crippen LogP contribution in [0.15, 0.2) is 28.2 Å². The van der Waals surface area contributed by atoms with Gasteiger partial charge in [0.15, 0.2) is 5.15 Å². The number of rotatable bonds is 7. The predicted octanol–water partition coefficient (Wildman–Crippen LogP) is 5.15. The van der Waals surface area contributed by atoms with E-state index in [4.69, 9.17) is 11.6 Å². The van der Waals surface area contributed by atoms with Crippen molar-refractivity contribution in [3.05, 3.63) is 49.3 Å². The molecular weight excluding hydrogens is 469 g/mol. The van der Waals surface area contributed by atoms with Gasteiger partial charge >= 0.3 is 0 Å². The lowest BCUT2D eigenvalue weighted by atomic mass is 10.0. The quantitative estimate of drug-likeness (QED) is 0.402. The third-order valence-electron chi connectivity index (χ3n) is 5.19.